The molecule has 1 heterocycles. The van der Waals surface area contributed by atoms with E-state index in [1.807, 2.05) is 0 Å². The largest absolute Gasteiger partial charge is 0.481 e. The van der Waals surface area contributed by atoms with Gasteiger partial charge in [0.15, 0.2) is 0 Å². The minimum absolute atomic E-state index is 0.430. The number of carboxylic acid groups (broad SMARTS) is 1. The SMILES string of the molecule is O=C(O)C1(CN2CCCC2)CCCCCC1. The average Bonchev–Trinajstić information content (AvgIpc) is 2.62. The molecule has 0 amide bonds. The summed E-state index contributed by atoms with van der Waals surface area (Å²) in [5, 5.41) is 9.55. The lowest BCUT2D eigenvalue weighted by molar-refractivity contribution is -0.151. The van der Waals surface area contributed by atoms with Crippen molar-refractivity contribution in [3.05, 3.63) is 0 Å². The van der Waals surface area contributed by atoms with Crippen LogP contribution >= 0.6 is 0 Å². The number of nitrogens with zero attached hydrogens (tertiary/aromatic N) is 1. The monoisotopic (exact) mass is 225 g/mol. The summed E-state index contributed by atoms with van der Waals surface area (Å²) in [6, 6.07) is 0. The first-order valence-corrected chi connectivity index (χ1v) is 6.69. The van der Waals surface area contributed by atoms with Crippen LogP contribution in [0.15, 0.2) is 0 Å². The molecule has 2 aliphatic rings. The molecule has 1 saturated heterocycles. The second kappa shape index (κ2) is 5.17. The molecule has 3 heteroatoms. The van der Waals surface area contributed by atoms with E-state index in [2.05, 4.69) is 4.90 Å². The van der Waals surface area contributed by atoms with E-state index in [-0.39, 0.29) is 0 Å². The van der Waals surface area contributed by atoms with Crippen LogP contribution in [0.3, 0.4) is 0 Å². The number of likely N-dealkylation sites (tertiary alicyclic amines) is 1. The second-order valence-electron chi connectivity index (χ2n) is 5.48. The fraction of sp³-hybridized carbons (Fsp3) is 0.923. The van der Waals surface area contributed by atoms with Crippen molar-refractivity contribution in [1.82, 2.24) is 4.90 Å². The molecular formula is C13H23NO2. The van der Waals surface area contributed by atoms with Crippen LogP contribution in [-0.2, 0) is 4.79 Å². The summed E-state index contributed by atoms with van der Waals surface area (Å²) in [6.45, 7) is 3.01. The second-order valence-corrected chi connectivity index (χ2v) is 5.48. The van der Waals surface area contributed by atoms with Crippen molar-refractivity contribution >= 4 is 5.97 Å². The number of rotatable bonds is 3. The quantitative estimate of drug-likeness (QED) is 0.750. The van der Waals surface area contributed by atoms with Crippen LogP contribution in [0.2, 0.25) is 0 Å². The Hall–Kier alpha value is -0.570. The molecule has 0 radical (unpaired) electrons. The Labute approximate surface area is 97.8 Å². The topological polar surface area (TPSA) is 40.5 Å². The van der Waals surface area contributed by atoms with Crippen molar-refractivity contribution in [1.29, 1.82) is 0 Å². The van der Waals surface area contributed by atoms with Gasteiger partial charge in [-0.1, -0.05) is 25.7 Å². The van der Waals surface area contributed by atoms with Crippen molar-refractivity contribution in [3.8, 4) is 0 Å². The molecule has 1 N–H and O–H groups in total. The normalized spacial score (nSPS) is 26.5. The van der Waals surface area contributed by atoms with Gasteiger partial charge < -0.3 is 10.0 Å². The fourth-order valence-corrected chi connectivity index (χ4v) is 3.21. The summed E-state index contributed by atoms with van der Waals surface area (Å²) in [5.74, 6) is -0.554. The Morgan fingerprint density at radius 3 is 2.06 bits per heavy atom. The molecule has 0 unspecified atom stereocenters. The Balaban J connectivity index is 2.03. The number of hydrogen-bond donors (Lipinski definition) is 1. The highest BCUT2D eigenvalue weighted by Crippen LogP contribution is 2.36. The van der Waals surface area contributed by atoms with Gasteiger partial charge in [-0.25, -0.2) is 0 Å². The Kier molecular flexibility index (Phi) is 3.85. The van der Waals surface area contributed by atoms with E-state index in [9.17, 15) is 9.90 Å². The maximum atomic E-state index is 11.6. The first-order chi connectivity index (χ1) is 7.73. The zero-order valence-corrected chi connectivity index (χ0v) is 10.1. The van der Waals surface area contributed by atoms with E-state index in [4.69, 9.17) is 0 Å². The zero-order chi connectivity index (χ0) is 11.4. The summed E-state index contributed by atoms with van der Waals surface area (Å²) >= 11 is 0. The molecule has 1 aliphatic heterocycles. The molecule has 0 atom stereocenters. The van der Waals surface area contributed by atoms with E-state index >= 15 is 0 Å². The minimum atomic E-state index is -0.554. The third kappa shape index (κ3) is 2.57. The van der Waals surface area contributed by atoms with Gasteiger partial charge in [-0.05, 0) is 38.8 Å². The minimum Gasteiger partial charge on any atom is -0.481 e. The van der Waals surface area contributed by atoms with Gasteiger partial charge in [-0.2, -0.15) is 0 Å². The first kappa shape index (κ1) is 11.9. The molecule has 3 nitrogen and oxygen atoms in total. The maximum Gasteiger partial charge on any atom is 0.310 e. The van der Waals surface area contributed by atoms with Gasteiger partial charge in [0.1, 0.15) is 0 Å². The Bertz CT molecular complexity index is 238. The van der Waals surface area contributed by atoms with Crippen LogP contribution in [-0.4, -0.2) is 35.6 Å². The van der Waals surface area contributed by atoms with Crippen molar-refractivity contribution in [2.45, 2.75) is 51.4 Å². The standard InChI is InChI=1S/C13H23NO2/c15-12(16)13(7-3-1-2-4-8-13)11-14-9-5-6-10-14/h1-11H2,(H,15,16). The summed E-state index contributed by atoms with van der Waals surface area (Å²) in [7, 11) is 0. The number of carbonyl (C=O) groups is 1. The van der Waals surface area contributed by atoms with Crippen LogP contribution in [0, 0.1) is 5.41 Å². The molecular weight excluding hydrogens is 202 g/mol. The third-order valence-electron chi connectivity index (χ3n) is 4.24. The summed E-state index contributed by atoms with van der Waals surface area (Å²) < 4.78 is 0. The first-order valence-electron chi connectivity index (χ1n) is 6.69. The van der Waals surface area contributed by atoms with E-state index < -0.39 is 11.4 Å². The molecule has 92 valence electrons. The highest BCUT2D eigenvalue weighted by molar-refractivity contribution is 5.75. The molecule has 0 aromatic heterocycles. The van der Waals surface area contributed by atoms with Gasteiger partial charge in [-0.15, -0.1) is 0 Å². The summed E-state index contributed by atoms with van der Waals surface area (Å²) in [6.07, 6.45) is 8.90. The van der Waals surface area contributed by atoms with E-state index in [1.165, 1.54) is 25.7 Å². The van der Waals surface area contributed by atoms with E-state index in [1.54, 1.807) is 0 Å². The highest BCUT2D eigenvalue weighted by atomic mass is 16.4. The van der Waals surface area contributed by atoms with Crippen LogP contribution in [0.1, 0.15) is 51.4 Å². The van der Waals surface area contributed by atoms with Crippen molar-refractivity contribution < 1.29 is 9.90 Å². The lowest BCUT2D eigenvalue weighted by Gasteiger charge is -2.32. The van der Waals surface area contributed by atoms with Gasteiger partial charge in [0.2, 0.25) is 0 Å². The van der Waals surface area contributed by atoms with Crippen LogP contribution in [0.25, 0.3) is 0 Å². The number of aliphatic carboxylic acids is 1. The van der Waals surface area contributed by atoms with Crippen molar-refractivity contribution in [2.75, 3.05) is 19.6 Å². The lowest BCUT2D eigenvalue weighted by Crippen LogP contribution is -2.42. The van der Waals surface area contributed by atoms with E-state index in [0.29, 0.717) is 0 Å². The predicted octanol–water partition coefficient (Wildman–Crippen LogP) is 2.51. The predicted molar refractivity (Wildman–Crippen MR) is 63.4 cm³/mol. The van der Waals surface area contributed by atoms with Crippen molar-refractivity contribution in [3.63, 3.8) is 0 Å². The maximum absolute atomic E-state index is 11.6. The third-order valence-corrected chi connectivity index (χ3v) is 4.24. The van der Waals surface area contributed by atoms with Gasteiger partial charge >= 0.3 is 5.97 Å². The van der Waals surface area contributed by atoms with Crippen LogP contribution < -0.4 is 0 Å². The van der Waals surface area contributed by atoms with Crippen molar-refractivity contribution in [2.24, 2.45) is 5.41 Å². The average molecular weight is 225 g/mol. The molecule has 1 aliphatic carbocycles. The van der Waals surface area contributed by atoms with E-state index in [0.717, 1.165) is 45.3 Å². The van der Waals surface area contributed by atoms with Crippen LogP contribution in [0.5, 0.6) is 0 Å². The fourth-order valence-electron chi connectivity index (χ4n) is 3.21. The zero-order valence-electron chi connectivity index (χ0n) is 10.1. The molecule has 2 rings (SSSR count). The summed E-state index contributed by atoms with van der Waals surface area (Å²) in [5.41, 5.74) is -0.430. The molecule has 2 fully saturated rings. The Morgan fingerprint density at radius 1 is 1.00 bits per heavy atom. The molecule has 0 spiro atoms. The molecule has 1 saturated carbocycles. The summed E-state index contributed by atoms with van der Waals surface area (Å²) in [4.78, 5) is 14.0. The molecule has 0 aromatic carbocycles. The number of hydrogen-bond acceptors (Lipinski definition) is 2. The molecule has 0 bridgehead atoms. The van der Waals surface area contributed by atoms with Gasteiger partial charge in [0.25, 0.3) is 0 Å². The smallest absolute Gasteiger partial charge is 0.310 e. The van der Waals surface area contributed by atoms with Crippen LogP contribution in [0.4, 0.5) is 0 Å². The lowest BCUT2D eigenvalue weighted by atomic mass is 9.80. The van der Waals surface area contributed by atoms with Gasteiger partial charge in [0, 0.05) is 6.54 Å². The highest BCUT2D eigenvalue weighted by Gasteiger charge is 2.40. The molecule has 0 aromatic rings. The van der Waals surface area contributed by atoms with Gasteiger partial charge in [0.05, 0.1) is 5.41 Å². The van der Waals surface area contributed by atoms with Gasteiger partial charge in [-0.3, -0.25) is 4.79 Å². The molecule has 16 heavy (non-hydrogen) atoms. The Morgan fingerprint density at radius 2 is 1.56 bits per heavy atom. The number of carboxylic acids is 1.